The molecule has 4 rings (SSSR count). The number of likely N-dealkylation sites (tertiary alicyclic amines) is 1. The number of aryl methyl sites for hydroxylation is 4. The van der Waals surface area contributed by atoms with Gasteiger partial charge < -0.3 is 18.8 Å². The number of nitrogens with zero attached hydrogens (tertiary/aromatic N) is 3. The highest BCUT2D eigenvalue weighted by molar-refractivity contribution is 5.35. The molecule has 1 aliphatic heterocycles. The van der Waals surface area contributed by atoms with E-state index in [0.717, 1.165) is 69.2 Å². The predicted octanol–water partition coefficient (Wildman–Crippen LogP) is 5.59. The average Bonchev–Trinajstić information content (AvgIpc) is 3.35. The maximum atomic E-state index is 6.21. The van der Waals surface area contributed by atoms with Crippen LogP contribution in [0.3, 0.4) is 0 Å². The lowest BCUT2D eigenvalue weighted by Crippen LogP contribution is -2.48. The minimum Gasteiger partial charge on any atom is -0.494 e. The van der Waals surface area contributed by atoms with Crippen LogP contribution < -0.4 is 9.47 Å². The Kier molecular flexibility index (Phi) is 9.05. The highest BCUT2D eigenvalue weighted by Crippen LogP contribution is 2.29. The van der Waals surface area contributed by atoms with Gasteiger partial charge in [0.25, 0.3) is 0 Å². The Hall–Kier alpha value is -2.83. The summed E-state index contributed by atoms with van der Waals surface area (Å²) in [5, 5.41) is 0. The number of hydrogen-bond donors (Lipinski definition) is 0. The van der Waals surface area contributed by atoms with Crippen molar-refractivity contribution in [3.05, 3.63) is 77.4 Å². The van der Waals surface area contributed by atoms with Gasteiger partial charge in [0, 0.05) is 52.1 Å². The van der Waals surface area contributed by atoms with Crippen molar-refractivity contribution in [2.24, 2.45) is 0 Å². The van der Waals surface area contributed by atoms with E-state index in [-0.39, 0.29) is 5.60 Å². The molecular weight excluding hydrogens is 450 g/mol. The van der Waals surface area contributed by atoms with Crippen LogP contribution in [0, 0.1) is 13.8 Å². The van der Waals surface area contributed by atoms with Crippen LogP contribution in [0.2, 0.25) is 0 Å². The summed E-state index contributed by atoms with van der Waals surface area (Å²) in [4.78, 5) is 6.88. The molecule has 1 fully saturated rings. The lowest BCUT2D eigenvalue weighted by atomic mass is 9.91. The normalized spacial score (nSPS) is 15.7. The van der Waals surface area contributed by atoms with Crippen LogP contribution in [0.15, 0.2) is 54.9 Å². The van der Waals surface area contributed by atoms with E-state index in [4.69, 9.17) is 14.2 Å². The highest BCUT2D eigenvalue weighted by Gasteiger charge is 2.35. The summed E-state index contributed by atoms with van der Waals surface area (Å²) in [5.41, 5.74) is 3.48. The zero-order valence-corrected chi connectivity index (χ0v) is 22.3. The molecular formula is C30H41N3O3. The van der Waals surface area contributed by atoms with Crippen molar-refractivity contribution >= 4 is 0 Å². The number of hydrogen-bond acceptors (Lipinski definition) is 5. The highest BCUT2D eigenvalue weighted by atomic mass is 16.5. The number of piperidine rings is 1. The molecule has 0 spiro atoms. The fourth-order valence-corrected chi connectivity index (χ4v) is 4.97. The van der Waals surface area contributed by atoms with Gasteiger partial charge >= 0.3 is 0 Å². The SMILES string of the molecule is CCc1nccn1CCCOc1cccc(CN2CCC(COc3ccc(C)cc3C)(OC)CC2)c1. The molecule has 0 radical (unpaired) electrons. The molecule has 2 heterocycles. The lowest BCUT2D eigenvalue weighted by Gasteiger charge is -2.40. The van der Waals surface area contributed by atoms with Crippen molar-refractivity contribution < 1.29 is 14.2 Å². The van der Waals surface area contributed by atoms with Gasteiger partial charge in [0.05, 0.1) is 6.61 Å². The number of ether oxygens (including phenoxy) is 3. The summed E-state index contributed by atoms with van der Waals surface area (Å²) in [6.07, 6.45) is 7.75. The molecule has 36 heavy (non-hydrogen) atoms. The third kappa shape index (κ3) is 6.89. The third-order valence-corrected chi connectivity index (χ3v) is 7.26. The van der Waals surface area contributed by atoms with Crippen molar-refractivity contribution in [1.82, 2.24) is 14.5 Å². The summed E-state index contributed by atoms with van der Waals surface area (Å²) < 4.78 is 20.5. The van der Waals surface area contributed by atoms with E-state index in [1.54, 1.807) is 0 Å². The van der Waals surface area contributed by atoms with Gasteiger partial charge in [-0.3, -0.25) is 4.90 Å². The zero-order valence-electron chi connectivity index (χ0n) is 22.3. The van der Waals surface area contributed by atoms with E-state index in [2.05, 4.69) is 77.7 Å². The second-order valence-electron chi connectivity index (χ2n) is 9.96. The van der Waals surface area contributed by atoms with E-state index in [9.17, 15) is 0 Å². The van der Waals surface area contributed by atoms with Crippen LogP contribution in [0.5, 0.6) is 11.5 Å². The van der Waals surface area contributed by atoms with Crippen LogP contribution in [0.25, 0.3) is 0 Å². The van der Waals surface area contributed by atoms with Crippen molar-refractivity contribution in [3.63, 3.8) is 0 Å². The molecule has 0 atom stereocenters. The minimum atomic E-state index is -0.230. The van der Waals surface area contributed by atoms with Gasteiger partial charge in [0.15, 0.2) is 0 Å². The second-order valence-corrected chi connectivity index (χ2v) is 9.96. The first-order valence-electron chi connectivity index (χ1n) is 13.2. The van der Waals surface area contributed by atoms with Gasteiger partial charge in [0.1, 0.15) is 29.5 Å². The second kappa shape index (κ2) is 12.4. The van der Waals surface area contributed by atoms with Crippen molar-refractivity contribution in [2.75, 3.05) is 33.4 Å². The van der Waals surface area contributed by atoms with Gasteiger partial charge in [0.2, 0.25) is 0 Å². The summed E-state index contributed by atoms with van der Waals surface area (Å²) >= 11 is 0. The molecule has 1 aromatic heterocycles. The van der Waals surface area contributed by atoms with Crippen molar-refractivity contribution in [3.8, 4) is 11.5 Å². The molecule has 2 aromatic carbocycles. The van der Waals surface area contributed by atoms with E-state index in [0.29, 0.717) is 13.2 Å². The maximum absolute atomic E-state index is 6.21. The predicted molar refractivity (Wildman–Crippen MR) is 144 cm³/mol. The molecule has 0 saturated carbocycles. The first kappa shape index (κ1) is 26.2. The average molecular weight is 492 g/mol. The summed E-state index contributed by atoms with van der Waals surface area (Å²) in [7, 11) is 1.82. The largest absolute Gasteiger partial charge is 0.494 e. The molecule has 0 N–H and O–H groups in total. The Morgan fingerprint density at radius 2 is 1.86 bits per heavy atom. The third-order valence-electron chi connectivity index (χ3n) is 7.26. The van der Waals surface area contributed by atoms with Crippen LogP contribution in [-0.4, -0.2) is 53.5 Å². The first-order valence-corrected chi connectivity index (χ1v) is 13.2. The summed E-state index contributed by atoms with van der Waals surface area (Å²) in [5.74, 6) is 3.03. The van der Waals surface area contributed by atoms with Gasteiger partial charge in [-0.2, -0.15) is 0 Å². The number of imidazole rings is 1. The smallest absolute Gasteiger partial charge is 0.122 e. The topological polar surface area (TPSA) is 48.8 Å². The van der Waals surface area contributed by atoms with E-state index >= 15 is 0 Å². The van der Waals surface area contributed by atoms with E-state index < -0.39 is 0 Å². The number of aromatic nitrogens is 2. The minimum absolute atomic E-state index is 0.230. The Morgan fingerprint density at radius 1 is 1.03 bits per heavy atom. The molecule has 0 unspecified atom stereocenters. The molecule has 6 heteroatoms. The monoisotopic (exact) mass is 491 g/mol. The molecule has 1 saturated heterocycles. The number of rotatable bonds is 12. The molecule has 3 aromatic rings. The van der Waals surface area contributed by atoms with Crippen LogP contribution in [0.1, 0.15) is 48.7 Å². The van der Waals surface area contributed by atoms with Gasteiger partial charge in [-0.15, -0.1) is 0 Å². The fraction of sp³-hybridized carbons (Fsp3) is 0.500. The first-order chi connectivity index (χ1) is 17.5. The van der Waals surface area contributed by atoms with Crippen LogP contribution in [-0.2, 0) is 24.2 Å². The Morgan fingerprint density at radius 3 is 2.61 bits per heavy atom. The Bertz CT molecular complexity index is 1100. The summed E-state index contributed by atoms with van der Waals surface area (Å²) in [6.45, 7) is 11.5. The van der Waals surface area contributed by atoms with Gasteiger partial charge in [-0.1, -0.05) is 36.8 Å². The van der Waals surface area contributed by atoms with Crippen molar-refractivity contribution in [1.29, 1.82) is 0 Å². The molecule has 194 valence electrons. The van der Waals surface area contributed by atoms with Crippen LogP contribution in [0.4, 0.5) is 0 Å². The molecule has 0 bridgehead atoms. The molecule has 6 nitrogen and oxygen atoms in total. The Balaban J connectivity index is 1.23. The van der Waals surface area contributed by atoms with E-state index in [1.165, 1.54) is 16.7 Å². The molecule has 0 aliphatic carbocycles. The van der Waals surface area contributed by atoms with Crippen molar-refractivity contribution in [2.45, 2.75) is 65.1 Å². The standard InChI is InChI=1S/C30H41N3O3/c1-5-29-31-14-18-33(29)15-7-19-35-27-9-6-8-26(21-27)22-32-16-12-30(34-4,13-17-32)23-36-28-11-10-24(2)20-25(28)3/h6,8-11,14,18,20-21H,5,7,12-13,15-17,19,22-23H2,1-4H3. The Labute approximate surface area is 216 Å². The van der Waals surface area contributed by atoms with E-state index in [1.807, 2.05) is 19.5 Å². The molecule has 0 amide bonds. The van der Waals surface area contributed by atoms with Gasteiger partial charge in [-0.05, 0) is 62.4 Å². The maximum Gasteiger partial charge on any atom is 0.122 e. The number of benzene rings is 2. The quantitative estimate of drug-likeness (QED) is 0.309. The molecule has 1 aliphatic rings. The fourth-order valence-electron chi connectivity index (χ4n) is 4.97. The van der Waals surface area contributed by atoms with Crippen LogP contribution >= 0.6 is 0 Å². The van der Waals surface area contributed by atoms with Gasteiger partial charge in [-0.25, -0.2) is 4.98 Å². The summed E-state index contributed by atoms with van der Waals surface area (Å²) in [6, 6.07) is 14.8. The zero-order chi connectivity index (χ0) is 25.4. The number of methoxy groups -OCH3 is 1. The lowest BCUT2D eigenvalue weighted by molar-refractivity contribution is -0.0840.